The Hall–Kier alpha value is -1.12. The van der Waals surface area contributed by atoms with Gasteiger partial charge in [-0.25, -0.2) is 8.78 Å². The van der Waals surface area contributed by atoms with Gasteiger partial charge in [-0.1, -0.05) is 26.8 Å². The first kappa shape index (κ1) is 12.0. The minimum Gasteiger partial charge on any atom is -0.461 e. The monoisotopic (exact) mass is 214 g/mol. The molecule has 15 heavy (non-hydrogen) atoms. The van der Waals surface area contributed by atoms with E-state index in [0.29, 0.717) is 5.56 Å². The van der Waals surface area contributed by atoms with E-state index in [2.05, 4.69) is 0 Å². The summed E-state index contributed by atoms with van der Waals surface area (Å²) in [5, 5.41) is 0. The van der Waals surface area contributed by atoms with Crippen molar-refractivity contribution in [3.05, 3.63) is 29.6 Å². The fourth-order valence-corrected chi connectivity index (χ4v) is 1.36. The van der Waals surface area contributed by atoms with Gasteiger partial charge < -0.3 is 4.74 Å². The number of hydrogen-bond donors (Lipinski definition) is 0. The van der Waals surface area contributed by atoms with E-state index in [1.54, 1.807) is 12.1 Å². The molecule has 0 radical (unpaired) electrons. The lowest BCUT2D eigenvalue weighted by atomic mass is 9.87. The van der Waals surface area contributed by atoms with Crippen LogP contribution >= 0.6 is 0 Å². The predicted molar refractivity (Wildman–Crippen MR) is 56.3 cm³/mol. The van der Waals surface area contributed by atoms with E-state index >= 15 is 0 Å². The standard InChI is InChI=1S/C12H16F2O/c1-8(13)15-9-5-6-10(11(14)7-9)12(2,3)4/h5-8H,1-4H3. The van der Waals surface area contributed by atoms with Crippen molar-refractivity contribution in [2.24, 2.45) is 0 Å². The number of ether oxygens (including phenoxy) is 1. The van der Waals surface area contributed by atoms with Crippen LogP contribution in [0.25, 0.3) is 0 Å². The maximum absolute atomic E-state index is 13.6. The van der Waals surface area contributed by atoms with Gasteiger partial charge in [0.15, 0.2) is 0 Å². The van der Waals surface area contributed by atoms with Crippen LogP contribution in [0.3, 0.4) is 0 Å². The number of hydrogen-bond acceptors (Lipinski definition) is 1. The molecule has 0 aliphatic heterocycles. The second-order valence-electron chi connectivity index (χ2n) is 4.55. The lowest BCUT2D eigenvalue weighted by molar-refractivity contribution is 0.0856. The molecule has 84 valence electrons. The van der Waals surface area contributed by atoms with Gasteiger partial charge in [0.2, 0.25) is 6.36 Å². The predicted octanol–water partition coefficient (Wildman–Crippen LogP) is 3.82. The first-order chi connectivity index (χ1) is 6.80. The van der Waals surface area contributed by atoms with Gasteiger partial charge >= 0.3 is 0 Å². The van der Waals surface area contributed by atoms with E-state index in [4.69, 9.17) is 4.74 Å². The van der Waals surface area contributed by atoms with E-state index in [9.17, 15) is 8.78 Å². The molecule has 0 aromatic heterocycles. The van der Waals surface area contributed by atoms with Crippen molar-refractivity contribution < 1.29 is 13.5 Å². The summed E-state index contributed by atoms with van der Waals surface area (Å²) in [5.74, 6) is -0.142. The van der Waals surface area contributed by atoms with Crippen molar-refractivity contribution in [1.29, 1.82) is 0 Å². The fourth-order valence-electron chi connectivity index (χ4n) is 1.36. The van der Waals surface area contributed by atoms with E-state index in [1.165, 1.54) is 13.0 Å². The number of benzene rings is 1. The molecular weight excluding hydrogens is 198 g/mol. The Morgan fingerprint density at radius 2 is 1.87 bits per heavy atom. The maximum atomic E-state index is 13.6. The molecule has 1 nitrogen and oxygen atoms in total. The maximum Gasteiger partial charge on any atom is 0.235 e. The van der Waals surface area contributed by atoms with Crippen LogP contribution in [0.15, 0.2) is 18.2 Å². The lowest BCUT2D eigenvalue weighted by Crippen LogP contribution is -2.14. The molecule has 0 N–H and O–H groups in total. The van der Waals surface area contributed by atoms with E-state index < -0.39 is 6.36 Å². The zero-order valence-corrected chi connectivity index (χ0v) is 9.47. The Morgan fingerprint density at radius 1 is 1.27 bits per heavy atom. The lowest BCUT2D eigenvalue weighted by Gasteiger charge is -2.20. The third-order valence-corrected chi connectivity index (χ3v) is 2.05. The zero-order valence-electron chi connectivity index (χ0n) is 9.47. The summed E-state index contributed by atoms with van der Waals surface area (Å²) in [6, 6.07) is 4.43. The summed E-state index contributed by atoms with van der Waals surface area (Å²) in [5.41, 5.74) is 0.339. The van der Waals surface area contributed by atoms with Crippen LogP contribution in [0, 0.1) is 5.82 Å². The highest BCUT2D eigenvalue weighted by Crippen LogP contribution is 2.27. The summed E-state index contributed by atoms with van der Waals surface area (Å²) in [7, 11) is 0. The molecule has 0 saturated carbocycles. The molecule has 1 unspecified atom stereocenters. The minimum atomic E-state index is -1.43. The van der Waals surface area contributed by atoms with Crippen LogP contribution in [0.4, 0.5) is 8.78 Å². The molecule has 1 aromatic carbocycles. The van der Waals surface area contributed by atoms with Gasteiger partial charge in [-0.2, -0.15) is 0 Å². The van der Waals surface area contributed by atoms with Gasteiger partial charge in [0, 0.05) is 13.0 Å². The van der Waals surface area contributed by atoms with Crippen LogP contribution in [-0.4, -0.2) is 6.36 Å². The first-order valence-corrected chi connectivity index (χ1v) is 4.91. The molecule has 0 fully saturated rings. The SMILES string of the molecule is CC(F)Oc1ccc(C(C)(C)C)c(F)c1. The molecule has 0 aliphatic rings. The molecule has 3 heteroatoms. The summed E-state index contributed by atoms with van der Waals surface area (Å²) < 4.78 is 30.9. The first-order valence-electron chi connectivity index (χ1n) is 4.91. The highest BCUT2D eigenvalue weighted by molar-refractivity contribution is 5.32. The van der Waals surface area contributed by atoms with Crippen molar-refractivity contribution in [3.63, 3.8) is 0 Å². The third-order valence-electron chi connectivity index (χ3n) is 2.05. The Balaban J connectivity index is 2.99. The average Bonchev–Trinajstić information content (AvgIpc) is 1.99. The molecule has 0 saturated heterocycles. The molecular formula is C12H16F2O. The van der Waals surface area contributed by atoms with Crippen molar-refractivity contribution in [3.8, 4) is 5.75 Å². The summed E-state index contributed by atoms with van der Waals surface area (Å²) >= 11 is 0. The second-order valence-corrected chi connectivity index (χ2v) is 4.55. The van der Waals surface area contributed by atoms with Gasteiger partial charge in [-0.15, -0.1) is 0 Å². The zero-order chi connectivity index (χ0) is 11.6. The van der Waals surface area contributed by atoms with Crippen LogP contribution in [0.2, 0.25) is 0 Å². The molecule has 0 bridgehead atoms. The molecule has 0 heterocycles. The second kappa shape index (κ2) is 4.17. The quantitative estimate of drug-likeness (QED) is 0.727. The van der Waals surface area contributed by atoms with Crippen molar-refractivity contribution in [2.45, 2.75) is 39.5 Å². The van der Waals surface area contributed by atoms with Crippen molar-refractivity contribution >= 4 is 0 Å². The summed E-state index contributed by atoms with van der Waals surface area (Å²) in [4.78, 5) is 0. The topological polar surface area (TPSA) is 9.23 Å². The Labute approximate surface area is 89.1 Å². The molecule has 1 rings (SSSR count). The molecule has 1 aromatic rings. The third kappa shape index (κ3) is 3.18. The van der Waals surface area contributed by atoms with Crippen LogP contribution in [-0.2, 0) is 5.41 Å². The van der Waals surface area contributed by atoms with Crippen molar-refractivity contribution in [1.82, 2.24) is 0 Å². The van der Waals surface area contributed by atoms with Gasteiger partial charge in [0.1, 0.15) is 11.6 Å². The van der Waals surface area contributed by atoms with E-state index in [1.807, 2.05) is 20.8 Å². The van der Waals surface area contributed by atoms with Crippen molar-refractivity contribution in [2.75, 3.05) is 0 Å². The van der Waals surface area contributed by atoms with E-state index in [-0.39, 0.29) is 17.0 Å². The van der Waals surface area contributed by atoms with Gasteiger partial charge in [-0.3, -0.25) is 0 Å². The number of halogens is 2. The number of alkyl halides is 1. The summed E-state index contributed by atoms with van der Waals surface area (Å²) in [6.45, 7) is 7.02. The molecule has 1 atom stereocenters. The Kier molecular flexibility index (Phi) is 3.32. The van der Waals surface area contributed by atoms with Crippen LogP contribution in [0.5, 0.6) is 5.75 Å². The van der Waals surface area contributed by atoms with Crippen LogP contribution in [0.1, 0.15) is 33.3 Å². The molecule has 0 spiro atoms. The highest BCUT2D eigenvalue weighted by atomic mass is 19.1. The smallest absolute Gasteiger partial charge is 0.235 e. The molecule has 0 aliphatic carbocycles. The Morgan fingerprint density at radius 3 is 2.27 bits per heavy atom. The Bertz CT molecular complexity index is 340. The number of rotatable bonds is 2. The molecule has 0 amide bonds. The van der Waals surface area contributed by atoms with Gasteiger partial charge in [-0.05, 0) is 17.0 Å². The van der Waals surface area contributed by atoms with E-state index in [0.717, 1.165) is 0 Å². The minimum absolute atomic E-state index is 0.218. The summed E-state index contributed by atoms with van der Waals surface area (Å²) in [6.07, 6.45) is -1.43. The van der Waals surface area contributed by atoms with Gasteiger partial charge in [0.25, 0.3) is 0 Å². The normalized spacial score (nSPS) is 13.7. The van der Waals surface area contributed by atoms with Gasteiger partial charge in [0.05, 0.1) is 0 Å². The largest absolute Gasteiger partial charge is 0.461 e. The van der Waals surface area contributed by atoms with Crippen LogP contribution < -0.4 is 4.74 Å². The fraction of sp³-hybridized carbons (Fsp3) is 0.500. The highest BCUT2D eigenvalue weighted by Gasteiger charge is 2.18. The average molecular weight is 214 g/mol.